The topological polar surface area (TPSA) is 50.1 Å². The van der Waals surface area contributed by atoms with Gasteiger partial charge in [0.15, 0.2) is 5.78 Å². The van der Waals surface area contributed by atoms with E-state index in [4.69, 9.17) is 10.00 Å². The van der Waals surface area contributed by atoms with Crippen molar-refractivity contribution in [3.05, 3.63) is 29.8 Å². The molecule has 0 saturated heterocycles. The summed E-state index contributed by atoms with van der Waals surface area (Å²) in [5.74, 6) is -0.128. The van der Waals surface area contributed by atoms with Gasteiger partial charge in [0.25, 0.3) is 0 Å². The summed E-state index contributed by atoms with van der Waals surface area (Å²) in [4.78, 5) is 11.7. The number of carbonyl (C=O) groups excluding carboxylic acids is 1. The van der Waals surface area contributed by atoms with Gasteiger partial charge in [0.1, 0.15) is 11.7 Å². The van der Waals surface area contributed by atoms with Gasteiger partial charge >= 0.3 is 0 Å². The molecule has 16 heavy (non-hydrogen) atoms. The largest absolute Gasteiger partial charge is 0.491 e. The van der Waals surface area contributed by atoms with Gasteiger partial charge < -0.3 is 4.74 Å². The van der Waals surface area contributed by atoms with Gasteiger partial charge in [-0.1, -0.05) is 12.1 Å². The van der Waals surface area contributed by atoms with Gasteiger partial charge in [-0.05, 0) is 32.9 Å². The normalized spacial score (nSPS) is 11.9. The Morgan fingerprint density at radius 2 is 2.06 bits per heavy atom. The van der Waals surface area contributed by atoms with Crippen LogP contribution >= 0.6 is 0 Å². The molecule has 0 aliphatic carbocycles. The molecule has 0 aliphatic heterocycles. The Kier molecular flexibility index (Phi) is 4.07. The number of nitriles is 1. The molecule has 3 heteroatoms. The van der Waals surface area contributed by atoms with Crippen LogP contribution in [-0.2, 0) is 0 Å². The van der Waals surface area contributed by atoms with Crippen LogP contribution in [0.2, 0.25) is 0 Å². The third-order valence-corrected chi connectivity index (χ3v) is 2.08. The quantitative estimate of drug-likeness (QED) is 0.728. The number of rotatable bonds is 4. The van der Waals surface area contributed by atoms with Crippen molar-refractivity contribution >= 4 is 5.78 Å². The van der Waals surface area contributed by atoms with Crippen LogP contribution in [0.15, 0.2) is 24.3 Å². The van der Waals surface area contributed by atoms with Gasteiger partial charge in [0.05, 0.1) is 12.2 Å². The maximum absolute atomic E-state index is 11.7. The molecule has 3 nitrogen and oxygen atoms in total. The van der Waals surface area contributed by atoms with E-state index in [0.717, 1.165) is 0 Å². The van der Waals surface area contributed by atoms with E-state index < -0.39 is 5.92 Å². The zero-order valence-electron chi connectivity index (χ0n) is 9.73. The van der Waals surface area contributed by atoms with Crippen molar-refractivity contribution in [2.45, 2.75) is 26.9 Å². The highest BCUT2D eigenvalue weighted by Gasteiger charge is 2.14. The Labute approximate surface area is 95.7 Å². The summed E-state index contributed by atoms with van der Waals surface area (Å²) in [6.45, 7) is 5.44. The van der Waals surface area contributed by atoms with Crippen LogP contribution in [-0.4, -0.2) is 11.9 Å². The van der Waals surface area contributed by atoms with Crippen LogP contribution < -0.4 is 4.74 Å². The van der Waals surface area contributed by atoms with Crippen molar-refractivity contribution in [3.8, 4) is 11.8 Å². The van der Waals surface area contributed by atoms with Crippen molar-refractivity contribution in [2.75, 3.05) is 0 Å². The number of ketones is 1. The molecule has 1 rings (SSSR count). The second-order valence-electron chi connectivity index (χ2n) is 3.91. The molecule has 0 saturated carbocycles. The summed E-state index contributed by atoms with van der Waals surface area (Å²) in [5.41, 5.74) is 0.521. The number of benzene rings is 1. The first-order chi connectivity index (χ1) is 7.54. The van der Waals surface area contributed by atoms with Gasteiger partial charge in [0.2, 0.25) is 0 Å². The van der Waals surface area contributed by atoms with E-state index in [1.165, 1.54) is 0 Å². The highest BCUT2D eigenvalue weighted by Crippen LogP contribution is 2.17. The standard InChI is InChI=1S/C13H15NO2/c1-9(2)16-12-6-4-5-11(7-12)13(15)10(3)8-14/h4-7,9-10H,1-3H3. The van der Waals surface area contributed by atoms with Crippen LogP contribution in [0.1, 0.15) is 31.1 Å². The molecule has 0 amide bonds. The first-order valence-corrected chi connectivity index (χ1v) is 5.25. The number of Topliss-reactive ketones (excluding diaryl/α,β-unsaturated/α-hetero) is 1. The monoisotopic (exact) mass is 217 g/mol. The summed E-state index contributed by atoms with van der Waals surface area (Å²) in [7, 11) is 0. The van der Waals surface area contributed by atoms with Crippen LogP contribution in [0.5, 0.6) is 5.75 Å². The third-order valence-electron chi connectivity index (χ3n) is 2.08. The summed E-state index contributed by atoms with van der Waals surface area (Å²) >= 11 is 0. The van der Waals surface area contributed by atoms with E-state index >= 15 is 0 Å². The van der Waals surface area contributed by atoms with Gasteiger partial charge in [-0.2, -0.15) is 5.26 Å². The van der Waals surface area contributed by atoms with Gasteiger partial charge in [-0.25, -0.2) is 0 Å². The predicted octanol–water partition coefficient (Wildman–Crippen LogP) is 2.82. The summed E-state index contributed by atoms with van der Waals surface area (Å²) in [6.07, 6.45) is 0.0683. The Bertz CT molecular complexity index is 418. The molecule has 0 aromatic heterocycles. The molecular formula is C13H15NO2. The summed E-state index contributed by atoms with van der Waals surface area (Å²) in [5, 5.41) is 8.68. The second-order valence-corrected chi connectivity index (χ2v) is 3.91. The fourth-order valence-corrected chi connectivity index (χ4v) is 1.30. The van der Waals surface area contributed by atoms with E-state index in [0.29, 0.717) is 11.3 Å². The van der Waals surface area contributed by atoms with E-state index in [2.05, 4.69) is 0 Å². The zero-order chi connectivity index (χ0) is 12.1. The number of nitrogens with zero attached hydrogens (tertiary/aromatic N) is 1. The molecule has 0 radical (unpaired) electrons. The first kappa shape index (κ1) is 12.3. The minimum absolute atomic E-state index is 0.0683. The van der Waals surface area contributed by atoms with Crippen molar-refractivity contribution in [1.29, 1.82) is 5.26 Å². The van der Waals surface area contributed by atoms with Gasteiger partial charge in [-0.15, -0.1) is 0 Å². The molecule has 1 aromatic rings. The molecule has 1 unspecified atom stereocenters. The lowest BCUT2D eigenvalue weighted by atomic mass is 10.0. The SMILES string of the molecule is CC(C)Oc1cccc(C(=O)C(C)C#N)c1. The van der Waals surface area contributed by atoms with E-state index in [9.17, 15) is 4.79 Å². The number of carbonyl (C=O) groups is 1. The van der Waals surface area contributed by atoms with E-state index in [1.54, 1.807) is 31.2 Å². The molecule has 0 heterocycles. The minimum atomic E-state index is -0.616. The Morgan fingerprint density at radius 1 is 1.38 bits per heavy atom. The highest BCUT2D eigenvalue weighted by atomic mass is 16.5. The molecule has 0 N–H and O–H groups in total. The van der Waals surface area contributed by atoms with Crippen LogP contribution in [0.4, 0.5) is 0 Å². The van der Waals surface area contributed by atoms with Gasteiger partial charge in [0, 0.05) is 5.56 Å². The Balaban J connectivity index is 2.91. The Morgan fingerprint density at radius 3 is 2.62 bits per heavy atom. The van der Waals surface area contributed by atoms with Crippen LogP contribution in [0, 0.1) is 17.2 Å². The van der Waals surface area contributed by atoms with Crippen molar-refractivity contribution in [2.24, 2.45) is 5.92 Å². The lowest BCUT2D eigenvalue weighted by molar-refractivity contribution is 0.0956. The maximum Gasteiger partial charge on any atom is 0.179 e. The number of hydrogen-bond donors (Lipinski definition) is 0. The smallest absolute Gasteiger partial charge is 0.179 e. The third kappa shape index (κ3) is 3.09. The molecule has 0 aliphatic rings. The zero-order valence-corrected chi connectivity index (χ0v) is 9.73. The van der Waals surface area contributed by atoms with Crippen LogP contribution in [0.25, 0.3) is 0 Å². The van der Waals surface area contributed by atoms with Crippen molar-refractivity contribution in [3.63, 3.8) is 0 Å². The van der Waals surface area contributed by atoms with E-state index in [1.807, 2.05) is 19.9 Å². The number of hydrogen-bond acceptors (Lipinski definition) is 3. The molecular weight excluding hydrogens is 202 g/mol. The fraction of sp³-hybridized carbons (Fsp3) is 0.385. The maximum atomic E-state index is 11.7. The molecule has 0 fully saturated rings. The Hall–Kier alpha value is -1.82. The lowest BCUT2D eigenvalue weighted by Crippen LogP contribution is -2.10. The van der Waals surface area contributed by atoms with Crippen molar-refractivity contribution in [1.82, 2.24) is 0 Å². The summed E-state index contributed by atoms with van der Waals surface area (Å²) in [6, 6.07) is 8.87. The molecule has 1 atom stereocenters. The summed E-state index contributed by atoms with van der Waals surface area (Å²) < 4.78 is 5.48. The molecule has 1 aromatic carbocycles. The molecule has 84 valence electrons. The molecule has 0 spiro atoms. The first-order valence-electron chi connectivity index (χ1n) is 5.25. The fourth-order valence-electron chi connectivity index (χ4n) is 1.30. The minimum Gasteiger partial charge on any atom is -0.491 e. The van der Waals surface area contributed by atoms with Crippen LogP contribution in [0.3, 0.4) is 0 Å². The predicted molar refractivity (Wildman–Crippen MR) is 61.3 cm³/mol. The molecule has 0 bridgehead atoms. The van der Waals surface area contributed by atoms with E-state index in [-0.39, 0.29) is 11.9 Å². The second kappa shape index (κ2) is 5.32. The van der Waals surface area contributed by atoms with Gasteiger partial charge in [-0.3, -0.25) is 4.79 Å². The lowest BCUT2D eigenvalue weighted by Gasteiger charge is -2.10. The number of ether oxygens (including phenoxy) is 1. The highest BCUT2D eigenvalue weighted by molar-refractivity contribution is 5.99. The average molecular weight is 217 g/mol. The van der Waals surface area contributed by atoms with Crippen molar-refractivity contribution < 1.29 is 9.53 Å². The average Bonchev–Trinajstić information content (AvgIpc) is 2.26.